The van der Waals surface area contributed by atoms with Gasteiger partial charge in [-0.1, -0.05) is 0 Å². The van der Waals surface area contributed by atoms with Gasteiger partial charge in [0, 0.05) is 17.5 Å². The van der Waals surface area contributed by atoms with Crippen LogP contribution in [0.15, 0.2) is 23.6 Å². The molecule has 0 aliphatic heterocycles. The number of imidazole rings is 1. The van der Waals surface area contributed by atoms with E-state index in [9.17, 15) is 0 Å². The SMILES string of the molecule is COc1ccc(OC)c(-c2csc3nc(C)c(CN)n23)c1. The van der Waals surface area contributed by atoms with Crippen molar-refractivity contribution in [2.45, 2.75) is 13.5 Å². The maximum Gasteiger partial charge on any atom is 0.194 e. The van der Waals surface area contributed by atoms with Crippen LogP contribution >= 0.6 is 11.3 Å². The first-order valence-electron chi connectivity index (χ1n) is 6.57. The van der Waals surface area contributed by atoms with Crippen molar-refractivity contribution < 1.29 is 9.47 Å². The Hall–Kier alpha value is -2.05. The summed E-state index contributed by atoms with van der Waals surface area (Å²) < 4.78 is 12.9. The molecule has 3 aromatic rings. The van der Waals surface area contributed by atoms with Gasteiger partial charge >= 0.3 is 0 Å². The van der Waals surface area contributed by atoms with E-state index in [4.69, 9.17) is 15.2 Å². The van der Waals surface area contributed by atoms with Crippen molar-refractivity contribution in [2.75, 3.05) is 14.2 Å². The topological polar surface area (TPSA) is 61.8 Å². The third-order valence-electron chi connectivity index (χ3n) is 3.54. The van der Waals surface area contributed by atoms with Gasteiger partial charge in [-0.3, -0.25) is 4.40 Å². The molecular weight excluding hydrogens is 286 g/mol. The molecular formula is C15H17N3O2S. The Morgan fingerprint density at radius 1 is 1.29 bits per heavy atom. The standard InChI is InChI=1S/C15H17N3O2S/c1-9-12(7-16)18-13(8-21-15(18)17-9)11-6-10(19-2)4-5-14(11)20-3/h4-6,8H,7,16H2,1-3H3. The van der Waals surface area contributed by atoms with Crippen molar-refractivity contribution in [1.29, 1.82) is 0 Å². The second kappa shape index (κ2) is 5.38. The molecule has 2 heterocycles. The summed E-state index contributed by atoms with van der Waals surface area (Å²) >= 11 is 1.59. The number of ether oxygens (including phenoxy) is 2. The number of methoxy groups -OCH3 is 2. The molecule has 0 saturated heterocycles. The molecule has 0 spiro atoms. The quantitative estimate of drug-likeness (QED) is 0.805. The fraction of sp³-hybridized carbons (Fsp3) is 0.267. The molecule has 0 aliphatic rings. The van der Waals surface area contributed by atoms with E-state index >= 15 is 0 Å². The molecule has 0 atom stereocenters. The maximum absolute atomic E-state index is 5.88. The normalized spacial score (nSPS) is 11.0. The summed E-state index contributed by atoms with van der Waals surface area (Å²) in [6.07, 6.45) is 0. The van der Waals surface area contributed by atoms with Gasteiger partial charge in [0.15, 0.2) is 4.96 Å². The van der Waals surface area contributed by atoms with Gasteiger partial charge in [-0.2, -0.15) is 0 Å². The lowest BCUT2D eigenvalue weighted by Gasteiger charge is -2.11. The zero-order valence-corrected chi connectivity index (χ0v) is 13.0. The van der Waals surface area contributed by atoms with Crippen molar-refractivity contribution in [3.8, 4) is 22.8 Å². The van der Waals surface area contributed by atoms with Gasteiger partial charge in [0.1, 0.15) is 11.5 Å². The highest BCUT2D eigenvalue weighted by Gasteiger charge is 2.17. The molecule has 1 aromatic carbocycles. The minimum absolute atomic E-state index is 0.447. The Balaban J connectivity index is 2.29. The Morgan fingerprint density at radius 3 is 2.76 bits per heavy atom. The minimum Gasteiger partial charge on any atom is -0.497 e. The molecule has 0 amide bonds. The average molecular weight is 303 g/mol. The van der Waals surface area contributed by atoms with Gasteiger partial charge in [0.05, 0.1) is 31.3 Å². The molecule has 0 bridgehead atoms. The van der Waals surface area contributed by atoms with E-state index in [-0.39, 0.29) is 0 Å². The van der Waals surface area contributed by atoms with Crippen LogP contribution in [0.5, 0.6) is 11.5 Å². The van der Waals surface area contributed by atoms with Crippen molar-refractivity contribution in [2.24, 2.45) is 5.73 Å². The molecule has 0 saturated carbocycles. The lowest BCUT2D eigenvalue weighted by molar-refractivity contribution is 0.404. The van der Waals surface area contributed by atoms with Gasteiger partial charge in [0.2, 0.25) is 0 Å². The Kier molecular flexibility index (Phi) is 3.57. The smallest absolute Gasteiger partial charge is 0.194 e. The molecule has 6 heteroatoms. The number of aryl methyl sites for hydroxylation is 1. The Labute approximate surface area is 126 Å². The summed E-state index contributed by atoms with van der Waals surface area (Å²) in [6, 6.07) is 5.76. The first-order chi connectivity index (χ1) is 10.2. The fourth-order valence-corrected chi connectivity index (χ4v) is 3.41. The van der Waals surface area contributed by atoms with Gasteiger partial charge in [0.25, 0.3) is 0 Å². The highest BCUT2D eigenvalue weighted by atomic mass is 32.1. The monoisotopic (exact) mass is 303 g/mol. The van der Waals surface area contributed by atoms with Crippen LogP contribution in [0.4, 0.5) is 0 Å². The number of fused-ring (bicyclic) bond motifs is 1. The molecule has 3 rings (SSSR count). The Morgan fingerprint density at radius 2 is 2.10 bits per heavy atom. The maximum atomic E-state index is 5.88. The molecule has 0 fully saturated rings. The first-order valence-corrected chi connectivity index (χ1v) is 7.45. The van der Waals surface area contributed by atoms with E-state index in [1.165, 1.54) is 0 Å². The summed E-state index contributed by atoms with van der Waals surface area (Å²) in [5.41, 5.74) is 9.85. The van der Waals surface area contributed by atoms with Crippen LogP contribution in [-0.2, 0) is 6.54 Å². The number of hydrogen-bond donors (Lipinski definition) is 1. The number of nitrogens with two attached hydrogens (primary N) is 1. The van der Waals surface area contributed by atoms with E-state index in [0.717, 1.165) is 39.1 Å². The van der Waals surface area contributed by atoms with Crippen molar-refractivity contribution >= 4 is 16.3 Å². The summed E-state index contributed by atoms with van der Waals surface area (Å²) in [4.78, 5) is 5.50. The number of benzene rings is 1. The highest BCUT2D eigenvalue weighted by Crippen LogP contribution is 2.36. The molecule has 2 aromatic heterocycles. The van der Waals surface area contributed by atoms with Crippen LogP contribution in [-0.4, -0.2) is 23.6 Å². The van der Waals surface area contributed by atoms with E-state index < -0.39 is 0 Å². The number of rotatable bonds is 4. The number of nitrogens with zero attached hydrogens (tertiary/aromatic N) is 2. The van der Waals surface area contributed by atoms with Crippen LogP contribution in [0.1, 0.15) is 11.4 Å². The van der Waals surface area contributed by atoms with Crippen LogP contribution in [0.25, 0.3) is 16.2 Å². The predicted octanol–water partition coefficient (Wildman–Crippen LogP) is 2.85. The Bertz CT molecular complexity index is 792. The van der Waals surface area contributed by atoms with Gasteiger partial charge < -0.3 is 15.2 Å². The molecule has 0 radical (unpaired) electrons. The summed E-state index contributed by atoms with van der Waals surface area (Å²) in [7, 11) is 3.32. The lowest BCUT2D eigenvalue weighted by Crippen LogP contribution is -2.03. The van der Waals surface area contributed by atoms with Crippen molar-refractivity contribution in [1.82, 2.24) is 9.38 Å². The minimum atomic E-state index is 0.447. The fourth-order valence-electron chi connectivity index (χ4n) is 2.46. The third-order valence-corrected chi connectivity index (χ3v) is 4.36. The summed E-state index contributed by atoms with van der Waals surface area (Å²) in [5.74, 6) is 1.58. The van der Waals surface area contributed by atoms with Crippen LogP contribution < -0.4 is 15.2 Å². The molecule has 0 unspecified atom stereocenters. The molecule has 0 aliphatic carbocycles. The van der Waals surface area contributed by atoms with Crippen molar-refractivity contribution in [3.63, 3.8) is 0 Å². The van der Waals surface area contributed by atoms with Crippen LogP contribution in [0, 0.1) is 6.92 Å². The molecule has 21 heavy (non-hydrogen) atoms. The van der Waals surface area contributed by atoms with Gasteiger partial charge in [-0.15, -0.1) is 11.3 Å². The zero-order valence-electron chi connectivity index (χ0n) is 12.2. The largest absolute Gasteiger partial charge is 0.497 e. The number of thiazole rings is 1. The second-order valence-corrected chi connectivity index (χ2v) is 5.49. The number of aromatic nitrogens is 2. The summed E-state index contributed by atoms with van der Waals surface area (Å²) in [6.45, 7) is 2.43. The zero-order chi connectivity index (χ0) is 15.0. The molecule has 110 valence electrons. The highest BCUT2D eigenvalue weighted by molar-refractivity contribution is 7.15. The first kappa shape index (κ1) is 13.9. The predicted molar refractivity (Wildman–Crippen MR) is 84.2 cm³/mol. The average Bonchev–Trinajstić information content (AvgIpc) is 3.04. The van der Waals surface area contributed by atoms with E-state index in [2.05, 4.69) is 14.8 Å². The van der Waals surface area contributed by atoms with Crippen molar-refractivity contribution in [3.05, 3.63) is 35.0 Å². The van der Waals surface area contributed by atoms with E-state index in [1.54, 1.807) is 25.6 Å². The second-order valence-electron chi connectivity index (χ2n) is 4.65. The third kappa shape index (κ3) is 2.16. The van der Waals surface area contributed by atoms with Crippen LogP contribution in [0.2, 0.25) is 0 Å². The molecule has 2 N–H and O–H groups in total. The van der Waals surface area contributed by atoms with Gasteiger partial charge in [-0.05, 0) is 25.1 Å². The van der Waals surface area contributed by atoms with E-state index in [1.807, 2.05) is 25.1 Å². The van der Waals surface area contributed by atoms with E-state index in [0.29, 0.717) is 6.54 Å². The summed E-state index contributed by atoms with van der Waals surface area (Å²) in [5, 5.41) is 2.07. The lowest BCUT2D eigenvalue weighted by atomic mass is 10.1. The number of hydrogen-bond acceptors (Lipinski definition) is 5. The molecule has 5 nitrogen and oxygen atoms in total. The van der Waals surface area contributed by atoms with Gasteiger partial charge in [-0.25, -0.2) is 4.98 Å². The van der Waals surface area contributed by atoms with Crippen LogP contribution in [0.3, 0.4) is 0 Å².